The lowest BCUT2D eigenvalue weighted by molar-refractivity contribution is -0.412. The van der Waals surface area contributed by atoms with Crippen molar-refractivity contribution < 1.29 is 55.1 Å². The Hall–Kier alpha value is -0.440. The molecule has 2 saturated heterocycles. The number of aliphatic hydroxyl groups is 8. The zero-order valence-corrected chi connectivity index (χ0v) is 12.9. The largest absolute Gasteiger partial charge is 0.394 e. The lowest BCUT2D eigenvalue weighted by atomic mass is 9.83. The van der Waals surface area contributed by atoms with Crippen molar-refractivity contribution in [1.82, 2.24) is 0 Å². The van der Waals surface area contributed by atoms with Crippen molar-refractivity contribution >= 4 is 0 Å². The Morgan fingerprint density at radius 3 is 1.83 bits per heavy atom. The lowest BCUT2D eigenvalue weighted by Gasteiger charge is -2.54. The van der Waals surface area contributed by atoms with Crippen molar-refractivity contribution in [2.45, 2.75) is 60.7 Å². The predicted octanol–water partition coefficient (Wildman–Crippen LogP) is -5.35. The molecule has 10 unspecified atom stereocenters. The second-order valence-corrected chi connectivity index (χ2v) is 5.94. The summed E-state index contributed by atoms with van der Waals surface area (Å²) in [4.78, 5) is 0. The fourth-order valence-corrected chi connectivity index (χ4v) is 3.12. The molecule has 0 aliphatic carbocycles. The van der Waals surface area contributed by atoms with Crippen LogP contribution in [-0.4, -0.2) is 122 Å². The van der Waals surface area contributed by atoms with Gasteiger partial charge in [0, 0.05) is 7.11 Å². The van der Waals surface area contributed by atoms with Gasteiger partial charge >= 0.3 is 0 Å². The minimum atomic E-state index is -2.28. The van der Waals surface area contributed by atoms with Crippen LogP contribution in [0.5, 0.6) is 0 Å². The molecular weight excluding hydrogens is 332 g/mol. The van der Waals surface area contributed by atoms with Gasteiger partial charge in [-0.1, -0.05) is 0 Å². The standard InChI is InChI=1S/C13H24O11/c1-22-13(11(21)9(19)7(17)5(3-15)24-13)12-10(20)8(18)6(16)4(2-14)23-12/h4-12,14-21H,2-3H2,1H3. The molecule has 2 heterocycles. The number of aliphatic hydroxyl groups excluding tert-OH is 8. The first-order chi connectivity index (χ1) is 11.2. The summed E-state index contributed by atoms with van der Waals surface area (Å²) in [6.07, 6.45) is -14.9. The molecule has 0 aromatic rings. The van der Waals surface area contributed by atoms with E-state index in [0.29, 0.717) is 0 Å². The Bertz CT molecular complexity index is 419. The van der Waals surface area contributed by atoms with E-state index in [0.717, 1.165) is 7.11 Å². The van der Waals surface area contributed by atoms with Gasteiger partial charge in [0.1, 0.15) is 54.9 Å². The van der Waals surface area contributed by atoms with Crippen LogP contribution in [0.3, 0.4) is 0 Å². The third-order valence-corrected chi connectivity index (χ3v) is 4.59. The highest BCUT2D eigenvalue weighted by molar-refractivity contribution is 5.06. The minimum Gasteiger partial charge on any atom is -0.394 e. The molecule has 2 rings (SSSR count). The number of rotatable bonds is 4. The van der Waals surface area contributed by atoms with Gasteiger partial charge in [0.15, 0.2) is 0 Å². The van der Waals surface area contributed by atoms with Gasteiger partial charge in [-0.2, -0.15) is 0 Å². The van der Waals surface area contributed by atoms with Gasteiger partial charge in [-0.05, 0) is 0 Å². The number of ether oxygens (including phenoxy) is 3. The number of hydrogen-bond acceptors (Lipinski definition) is 11. The van der Waals surface area contributed by atoms with Crippen molar-refractivity contribution in [3.05, 3.63) is 0 Å². The highest BCUT2D eigenvalue weighted by Gasteiger charge is 2.63. The van der Waals surface area contributed by atoms with Gasteiger partial charge in [-0.3, -0.25) is 0 Å². The molecule has 24 heavy (non-hydrogen) atoms. The van der Waals surface area contributed by atoms with Crippen LogP contribution >= 0.6 is 0 Å². The Kier molecular flexibility index (Phi) is 6.16. The van der Waals surface area contributed by atoms with Crippen molar-refractivity contribution in [2.75, 3.05) is 20.3 Å². The zero-order valence-electron chi connectivity index (χ0n) is 12.9. The molecule has 8 N–H and O–H groups in total. The summed E-state index contributed by atoms with van der Waals surface area (Å²) < 4.78 is 15.8. The molecule has 0 aromatic heterocycles. The summed E-state index contributed by atoms with van der Waals surface area (Å²) in [5, 5.41) is 78.6. The maximum atomic E-state index is 10.3. The number of hydrogen-bond donors (Lipinski definition) is 8. The van der Waals surface area contributed by atoms with E-state index in [4.69, 9.17) is 14.2 Å². The van der Waals surface area contributed by atoms with Crippen LogP contribution in [0.4, 0.5) is 0 Å². The predicted molar refractivity (Wildman–Crippen MR) is 73.5 cm³/mol. The molecule has 0 amide bonds. The van der Waals surface area contributed by atoms with Crippen LogP contribution in [0.15, 0.2) is 0 Å². The van der Waals surface area contributed by atoms with Gasteiger partial charge in [0.2, 0.25) is 5.79 Å². The van der Waals surface area contributed by atoms with Gasteiger partial charge in [-0.15, -0.1) is 0 Å². The van der Waals surface area contributed by atoms with Crippen molar-refractivity contribution in [2.24, 2.45) is 0 Å². The third kappa shape index (κ3) is 2.95. The Balaban J connectivity index is 2.40. The van der Waals surface area contributed by atoms with E-state index in [9.17, 15) is 40.9 Å². The highest BCUT2D eigenvalue weighted by Crippen LogP contribution is 2.39. The lowest BCUT2D eigenvalue weighted by Crippen LogP contribution is -2.75. The number of methoxy groups -OCH3 is 1. The molecular formula is C13H24O11. The van der Waals surface area contributed by atoms with Crippen LogP contribution < -0.4 is 0 Å². The molecule has 10 atom stereocenters. The maximum Gasteiger partial charge on any atom is 0.227 e. The van der Waals surface area contributed by atoms with Crippen molar-refractivity contribution in [3.63, 3.8) is 0 Å². The average molecular weight is 356 g/mol. The molecule has 0 spiro atoms. The molecule has 142 valence electrons. The second kappa shape index (κ2) is 7.43. The van der Waals surface area contributed by atoms with Crippen LogP contribution in [0.1, 0.15) is 0 Å². The maximum absolute atomic E-state index is 10.3. The summed E-state index contributed by atoms with van der Waals surface area (Å²) in [7, 11) is 1.06. The van der Waals surface area contributed by atoms with Gasteiger partial charge in [0.25, 0.3) is 0 Å². The van der Waals surface area contributed by atoms with Gasteiger partial charge in [0.05, 0.1) is 13.2 Å². The van der Waals surface area contributed by atoms with E-state index >= 15 is 0 Å². The second-order valence-electron chi connectivity index (χ2n) is 5.94. The molecule has 11 nitrogen and oxygen atoms in total. The topological polar surface area (TPSA) is 190 Å². The van der Waals surface area contributed by atoms with E-state index in [1.807, 2.05) is 0 Å². The molecule has 0 bridgehead atoms. The fourth-order valence-electron chi connectivity index (χ4n) is 3.12. The van der Waals surface area contributed by atoms with E-state index in [-0.39, 0.29) is 0 Å². The van der Waals surface area contributed by atoms with E-state index in [1.54, 1.807) is 0 Å². The fraction of sp³-hybridized carbons (Fsp3) is 1.00. The molecule has 2 aliphatic rings. The zero-order chi connectivity index (χ0) is 18.2. The Labute approximate surface area is 137 Å². The van der Waals surface area contributed by atoms with Crippen LogP contribution in [0, 0.1) is 0 Å². The quantitative estimate of drug-likeness (QED) is 0.240. The Morgan fingerprint density at radius 2 is 1.33 bits per heavy atom. The third-order valence-electron chi connectivity index (χ3n) is 4.59. The molecule has 0 aromatic carbocycles. The Morgan fingerprint density at radius 1 is 0.792 bits per heavy atom. The van der Waals surface area contributed by atoms with Gasteiger partial charge < -0.3 is 55.1 Å². The first-order valence-electron chi connectivity index (χ1n) is 7.43. The smallest absolute Gasteiger partial charge is 0.227 e. The molecule has 2 aliphatic heterocycles. The summed E-state index contributed by atoms with van der Waals surface area (Å²) in [5.74, 6) is -2.28. The molecule has 2 fully saturated rings. The van der Waals surface area contributed by atoms with E-state index < -0.39 is 73.9 Å². The summed E-state index contributed by atoms with van der Waals surface area (Å²) >= 11 is 0. The summed E-state index contributed by atoms with van der Waals surface area (Å²) in [6.45, 7) is -1.46. The SMILES string of the molecule is COC1(C2OC(CO)C(O)C(O)C2O)OC(CO)C(O)C(O)C1O. The average Bonchev–Trinajstić information content (AvgIpc) is 2.59. The minimum absolute atomic E-state index is 0.716. The normalized spacial score (nSPS) is 53.1. The van der Waals surface area contributed by atoms with Crippen LogP contribution in [0.25, 0.3) is 0 Å². The van der Waals surface area contributed by atoms with Gasteiger partial charge in [-0.25, -0.2) is 0 Å². The van der Waals surface area contributed by atoms with Crippen molar-refractivity contribution in [1.29, 1.82) is 0 Å². The summed E-state index contributed by atoms with van der Waals surface area (Å²) in [5.41, 5.74) is 0. The monoisotopic (exact) mass is 356 g/mol. The highest BCUT2D eigenvalue weighted by atomic mass is 16.7. The van der Waals surface area contributed by atoms with Crippen LogP contribution in [-0.2, 0) is 14.2 Å². The first-order valence-corrected chi connectivity index (χ1v) is 7.43. The van der Waals surface area contributed by atoms with E-state index in [2.05, 4.69) is 0 Å². The summed E-state index contributed by atoms with van der Waals surface area (Å²) in [6, 6.07) is 0. The van der Waals surface area contributed by atoms with E-state index in [1.165, 1.54) is 0 Å². The molecule has 0 saturated carbocycles. The van der Waals surface area contributed by atoms with Crippen LogP contribution in [0.2, 0.25) is 0 Å². The molecule has 11 heteroatoms. The first kappa shape index (κ1) is 19.9. The van der Waals surface area contributed by atoms with Crippen molar-refractivity contribution in [3.8, 4) is 0 Å². The molecule has 0 radical (unpaired) electrons.